The minimum Gasteiger partial charge on any atom is -0.456 e. The van der Waals surface area contributed by atoms with Crippen LogP contribution in [0.1, 0.15) is 5.56 Å². The van der Waals surface area contributed by atoms with E-state index in [1.165, 1.54) is 37.9 Å². The van der Waals surface area contributed by atoms with Gasteiger partial charge in [0.2, 0.25) is 0 Å². The first-order valence-electron chi connectivity index (χ1n) is 18.9. The second-order valence-corrected chi connectivity index (χ2v) is 14.5. The summed E-state index contributed by atoms with van der Waals surface area (Å²) < 4.78 is 6.53. The maximum Gasteiger partial charge on any atom is 0.164 e. The lowest BCUT2D eigenvalue weighted by atomic mass is 9.93. The average molecular weight is 716 g/mol. The molecular formula is C52H33N3O. The van der Waals surface area contributed by atoms with Crippen LogP contribution in [0, 0.1) is 6.92 Å². The van der Waals surface area contributed by atoms with E-state index in [9.17, 15) is 0 Å². The van der Waals surface area contributed by atoms with Crippen LogP contribution in [0.2, 0.25) is 0 Å². The highest BCUT2D eigenvalue weighted by molar-refractivity contribution is 6.25. The van der Waals surface area contributed by atoms with Gasteiger partial charge in [-0.15, -0.1) is 0 Å². The molecule has 0 spiro atoms. The van der Waals surface area contributed by atoms with E-state index >= 15 is 0 Å². The van der Waals surface area contributed by atoms with Crippen molar-refractivity contribution in [3.63, 3.8) is 0 Å². The Kier molecular flexibility index (Phi) is 7.36. The Balaban J connectivity index is 1.11. The highest BCUT2D eigenvalue weighted by Crippen LogP contribution is 2.40. The molecule has 0 amide bonds. The molecule has 9 aromatic carbocycles. The maximum absolute atomic E-state index is 6.53. The van der Waals surface area contributed by atoms with Crippen molar-refractivity contribution in [2.45, 2.75) is 6.92 Å². The van der Waals surface area contributed by atoms with Crippen LogP contribution in [0.3, 0.4) is 0 Å². The van der Waals surface area contributed by atoms with Gasteiger partial charge in [0.1, 0.15) is 11.2 Å². The quantitative estimate of drug-likeness (QED) is 0.167. The summed E-state index contributed by atoms with van der Waals surface area (Å²) in [7, 11) is 0. The first-order chi connectivity index (χ1) is 27.6. The fourth-order valence-electron chi connectivity index (χ4n) is 8.22. The van der Waals surface area contributed by atoms with Gasteiger partial charge in [-0.2, -0.15) is 0 Å². The van der Waals surface area contributed by atoms with Gasteiger partial charge in [0, 0.05) is 27.5 Å². The minimum atomic E-state index is 0.583. The predicted molar refractivity (Wildman–Crippen MR) is 232 cm³/mol. The molecular weight excluding hydrogens is 683 g/mol. The van der Waals surface area contributed by atoms with Crippen molar-refractivity contribution in [1.82, 2.24) is 15.0 Å². The summed E-state index contributed by atoms with van der Waals surface area (Å²) in [5.41, 5.74) is 10.1. The van der Waals surface area contributed by atoms with Crippen molar-refractivity contribution in [2.75, 3.05) is 0 Å². The Hall–Kier alpha value is -7.43. The van der Waals surface area contributed by atoms with E-state index in [0.29, 0.717) is 17.5 Å². The lowest BCUT2D eigenvalue weighted by Crippen LogP contribution is -2.00. The second-order valence-electron chi connectivity index (χ2n) is 14.5. The molecule has 0 unspecified atom stereocenters. The van der Waals surface area contributed by atoms with Gasteiger partial charge >= 0.3 is 0 Å². The molecule has 0 bridgehead atoms. The average Bonchev–Trinajstić information content (AvgIpc) is 3.65. The summed E-state index contributed by atoms with van der Waals surface area (Å²) in [5.74, 6) is 1.80. The minimum absolute atomic E-state index is 0.583. The third-order valence-corrected chi connectivity index (χ3v) is 11.0. The molecule has 2 aromatic heterocycles. The molecule has 0 fully saturated rings. The first-order valence-corrected chi connectivity index (χ1v) is 18.9. The van der Waals surface area contributed by atoms with Crippen LogP contribution in [0.4, 0.5) is 0 Å². The van der Waals surface area contributed by atoms with Crippen molar-refractivity contribution < 1.29 is 4.42 Å². The number of aryl methyl sites for hydroxylation is 1. The smallest absolute Gasteiger partial charge is 0.164 e. The van der Waals surface area contributed by atoms with Crippen LogP contribution < -0.4 is 0 Å². The summed E-state index contributed by atoms with van der Waals surface area (Å²) in [6.07, 6.45) is 0. The fraction of sp³-hybridized carbons (Fsp3) is 0.0192. The van der Waals surface area contributed by atoms with E-state index in [0.717, 1.165) is 60.9 Å². The Morgan fingerprint density at radius 1 is 0.321 bits per heavy atom. The number of benzene rings is 9. The zero-order valence-corrected chi connectivity index (χ0v) is 30.6. The van der Waals surface area contributed by atoms with Crippen molar-refractivity contribution in [3.05, 3.63) is 188 Å². The lowest BCUT2D eigenvalue weighted by Gasteiger charge is -2.13. The number of hydrogen-bond acceptors (Lipinski definition) is 4. The van der Waals surface area contributed by atoms with Crippen LogP contribution >= 0.6 is 0 Å². The standard InChI is InChI=1S/C52H33N3O/c1-32-21-23-33(24-22-32)35-13-9-14-36(29-35)50-53-51(37-25-27-44-42-17-6-5-15-40(42)41-16-7-8-18-43(41)46(44)30-37)55-52(54-50)38-26-28-45-48(31-38)56-47-20-10-19-39(49(45)47)34-11-3-2-4-12-34/h2-31H,1H3. The van der Waals surface area contributed by atoms with Gasteiger partial charge in [0.15, 0.2) is 17.5 Å². The van der Waals surface area contributed by atoms with E-state index in [1.807, 2.05) is 12.1 Å². The Labute approximate surface area is 323 Å². The third-order valence-electron chi connectivity index (χ3n) is 11.0. The molecule has 4 nitrogen and oxygen atoms in total. The molecule has 0 atom stereocenters. The normalized spacial score (nSPS) is 11.7. The van der Waals surface area contributed by atoms with E-state index in [4.69, 9.17) is 19.4 Å². The number of rotatable bonds is 5. The van der Waals surface area contributed by atoms with Gasteiger partial charge < -0.3 is 4.42 Å². The number of aromatic nitrogens is 3. The monoisotopic (exact) mass is 715 g/mol. The van der Waals surface area contributed by atoms with Crippen LogP contribution in [0.25, 0.3) is 111 Å². The molecule has 56 heavy (non-hydrogen) atoms. The lowest BCUT2D eigenvalue weighted by molar-refractivity contribution is 0.669. The molecule has 262 valence electrons. The Morgan fingerprint density at radius 2 is 0.821 bits per heavy atom. The van der Waals surface area contributed by atoms with Crippen molar-refractivity contribution >= 4 is 54.3 Å². The van der Waals surface area contributed by atoms with E-state index < -0.39 is 0 Å². The highest BCUT2D eigenvalue weighted by atomic mass is 16.3. The zero-order chi connectivity index (χ0) is 37.2. The Morgan fingerprint density at radius 3 is 1.50 bits per heavy atom. The van der Waals surface area contributed by atoms with Crippen LogP contribution in [0.15, 0.2) is 186 Å². The van der Waals surface area contributed by atoms with Crippen molar-refractivity contribution in [2.24, 2.45) is 0 Å². The first kappa shape index (κ1) is 32.0. The van der Waals surface area contributed by atoms with Crippen LogP contribution in [-0.4, -0.2) is 15.0 Å². The molecule has 0 aliphatic carbocycles. The summed E-state index contributed by atoms with van der Waals surface area (Å²) in [6.45, 7) is 2.11. The largest absolute Gasteiger partial charge is 0.456 e. The SMILES string of the molecule is Cc1ccc(-c2cccc(-c3nc(-c4ccc5c(c4)oc4cccc(-c6ccccc6)c45)nc(-c4ccc5c6ccccc6c6ccccc6c5c4)n3)c2)cc1. The van der Waals surface area contributed by atoms with E-state index in [2.05, 4.69) is 177 Å². The molecule has 0 N–H and O–H groups in total. The van der Waals surface area contributed by atoms with Gasteiger partial charge in [0.25, 0.3) is 0 Å². The molecule has 11 rings (SSSR count). The summed E-state index contributed by atoms with van der Waals surface area (Å²) in [5, 5.41) is 9.43. The van der Waals surface area contributed by atoms with Crippen LogP contribution in [0.5, 0.6) is 0 Å². The molecule has 2 heterocycles. The topological polar surface area (TPSA) is 51.8 Å². The molecule has 0 aliphatic rings. The molecule has 0 radical (unpaired) electrons. The summed E-state index contributed by atoms with van der Waals surface area (Å²) in [6, 6.07) is 64.0. The van der Waals surface area contributed by atoms with Gasteiger partial charge in [-0.3, -0.25) is 0 Å². The van der Waals surface area contributed by atoms with Crippen LogP contribution in [-0.2, 0) is 0 Å². The summed E-state index contributed by atoms with van der Waals surface area (Å²) in [4.78, 5) is 15.6. The third kappa shape index (κ3) is 5.34. The molecule has 4 heteroatoms. The number of nitrogens with zero attached hydrogens (tertiary/aromatic N) is 3. The maximum atomic E-state index is 6.53. The molecule has 0 aliphatic heterocycles. The van der Waals surface area contributed by atoms with Gasteiger partial charge in [0.05, 0.1) is 0 Å². The van der Waals surface area contributed by atoms with Crippen molar-refractivity contribution in [3.8, 4) is 56.4 Å². The molecule has 11 aromatic rings. The molecule has 0 saturated carbocycles. The highest BCUT2D eigenvalue weighted by Gasteiger charge is 2.18. The number of furan rings is 1. The van der Waals surface area contributed by atoms with Gasteiger partial charge in [-0.1, -0.05) is 157 Å². The van der Waals surface area contributed by atoms with Gasteiger partial charge in [-0.25, -0.2) is 15.0 Å². The van der Waals surface area contributed by atoms with E-state index in [-0.39, 0.29) is 0 Å². The predicted octanol–water partition coefficient (Wildman–Crippen LogP) is 13.9. The number of fused-ring (bicyclic) bond motifs is 9. The van der Waals surface area contributed by atoms with Gasteiger partial charge in [-0.05, 0) is 91.8 Å². The molecule has 0 saturated heterocycles. The zero-order valence-electron chi connectivity index (χ0n) is 30.6. The van der Waals surface area contributed by atoms with Crippen molar-refractivity contribution in [1.29, 1.82) is 0 Å². The second kappa shape index (κ2) is 12.9. The Bertz CT molecular complexity index is 3270. The summed E-state index contributed by atoms with van der Waals surface area (Å²) >= 11 is 0. The number of hydrogen-bond donors (Lipinski definition) is 0. The van der Waals surface area contributed by atoms with E-state index in [1.54, 1.807) is 0 Å². The fourth-order valence-corrected chi connectivity index (χ4v) is 8.22.